The lowest BCUT2D eigenvalue weighted by atomic mass is 9.92. The average Bonchev–Trinajstić information content (AvgIpc) is 1.62. The number of aromatic nitrogens is 3. The van der Waals surface area contributed by atoms with Crippen LogP contribution >= 0.6 is 46.4 Å². The molecule has 21 nitrogen and oxygen atoms in total. The van der Waals surface area contributed by atoms with Crippen molar-refractivity contribution in [2.75, 3.05) is 120 Å². The van der Waals surface area contributed by atoms with E-state index in [0.29, 0.717) is 161 Å². The van der Waals surface area contributed by atoms with Crippen molar-refractivity contribution in [3.8, 4) is 34.5 Å². The number of rotatable bonds is 27. The topological polar surface area (TPSA) is 219 Å². The first kappa shape index (κ1) is 80.7. The highest BCUT2D eigenvalue weighted by molar-refractivity contribution is 6.32. The number of halogens is 5. The lowest BCUT2D eigenvalue weighted by molar-refractivity contribution is 0.0544. The number of hydrogen-bond donors (Lipinski definition) is 3. The highest BCUT2D eigenvalue weighted by Crippen LogP contribution is 2.44. The van der Waals surface area contributed by atoms with E-state index in [1.54, 1.807) is 72.4 Å². The number of hydrogen-bond acceptors (Lipinski definition) is 15. The van der Waals surface area contributed by atoms with Gasteiger partial charge in [-0.15, -0.1) is 0 Å². The zero-order valence-corrected chi connectivity index (χ0v) is 65.5. The summed E-state index contributed by atoms with van der Waals surface area (Å²) < 4.78 is 79.2. The first-order valence-electron chi connectivity index (χ1n) is 37.0. The molecule has 3 atom stereocenters. The molecular weight excluding hydrogens is 1530 g/mol. The molecule has 0 saturated heterocycles. The molecule has 15 rings (SSSR count). The second-order valence-electron chi connectivity index (χ2n) is 26.5. The fourth-order valence-electron chi connectivity index (χ4n) is 14.0. The Kier molecular flexibility index (Phi) is 28.1. The van der Waals surface area contributed by atoms with Crippen LogP contribution in [0.3, 0.4) is 0 Å². The molecular formula is C87H85Cl4FN6O15. The highest BCUT2D eigenvalue weighted by atomic mass is 35.5. The molecule has 0 fully saturated rings. The molecule has 0 aliphatic carbocycles. The largest absolute Gasteiger partial charge is 0.491 e. The van der Waals surface area contributed by atoms with Crippen molar-refractivity contribution < 1.29 is 75.6 Å². The Morgan fingerprint density at radius 2 is 0.681 bits per heavy atom. The van der Waals surface area contributed by atoms with Crippen molar-refractivity contribution in [1.29, 1.82) is 0 Å². The Morgan fingerprint density at radius 1 is 0.363 bits per heavy atom. The van der Waals surface area contributed by atoms with E-state index in [1.165, 1.54) is 29.8 Å². The first-order valence-corrected chi connectivity index (χ1v) is 38.5. The van der Waals surface area contributed by atoms with Gasteiger partial charge in [-0.05, 0) is 192 Å². The second kappa shape index (κ2) is 39.4. The van der Waals surface area contributed by atoms with Crippen LogP contribution in [0.1, 0.15) is 68.6 Å². The zero-order chi connectivity index (χ0) is 78.6. The van der Waals surface area contributed by atoms with Gasteiger partial charge >= 0.3 is 18.3 Å². The Balaban J connectivity index is 0.000000148. The van der Waals surface area contributed by atoms with Gasteiger partial charge in [0, 0.05) is 106 Å². The van der Waals surface area contributed by atoms with E-state index in [1.807, 2.05) is 146 Å². The molecule has 3 amide bonds. The van der Waals surface area contributed by atoms with Crippen LogP contribution in [0, 0.1) is 5.82 Å². The predicted molar refractivity (Wildman–Crippen MR) is 433 cm³/mol. The maximum absolute atomic E-state index is 13.5. The number of methoxy groups -OCH3 is 3. The number of amides is 3. The summed E-state index contributed by atoms with van der Waals surface area (Å²) in [5, 5.41) is 5.57. The smallest absolute Gasteiger partial charge is 0.416 e. The number of nitrogens with zero attached hydrogens (tertiary/aromatic N) is 3. The lowest BCUT2D eigenvalue weighted by Gasteiger charge is -2.35. The first-order chi connectivity index (χ1) is 55.2. The van der Waals surface area contributed by atoms with Crippen molar-refractivity contribution in [3.63, 3.8) is 0 Å². The summed E-state index contributed by atoms with van der Waals surface area (Å²) in [6.07, 6.45) is 0.604. The summed E-state index contributed by atoms with van der Waals surface area (Å²) in [4.78, 5) is 56.0. The van der Waals surface area contributed by atoms with Crippen LogP contribution in [0.2, 0.25) is 20.1 Å². The molecule has 0 saturated carbocycles. The third-order valence-corrected chi connectivity index (χ3v) is 20.4. The molecule has 9 aromatic carbocycles. The van der Waals surface area contributed by atoms with Gasteiger partial charge in [-0.2, -0.15) is 0 Å². The fraction of sp³-hybridized carbons (Fsp3) is 0.276. The third kappa shape index (κ3) is 20.4. The summed E-state index contributed by atoms with van der Waals surface area (Å²) in [6.45, 7) is 7.33. The lowest BCUT2D eigenvalue weighted by Crippen LogP contribution is -2.42. The highest BCUT2D eigenvalue weighted by Gasteiger charge is 2.39. The van der Waals surface area contributed by atoms with Crippen LogP contribution in [0.15, 0.2) is 206 Å². The molecule has 3 aliphatic rings. The molecule has 0 radical (unpaired) electrons. The molecule has 12 aromatic rings. The summed E-state index contributed by atoms with van der Waals surface area (Å²) in [7, 11) is 4.91. The number of benzene rings is 9. The number of H-pyrrole nitrogens is 3. The van der Waals surface area contributed by atoms with E-state index >= 15 is 0 Å². The van der Waals surface area contributed by atoms with Gasteiger partial charge in [0.05, 0.1) is 64.5 Å². The van der Waals surface area contributed by atoms with Crippen molar-refractivity contribution in [3.05, 3.63) is 283 Å². The number of carbonyl (C=O) groups is 3. The van der Waals surface area contributed by atoms with Gasteiger partial charge in [-0.1, -0.05) is 113 Å². The predicted octanol–water partition coefficient (Wildman–Crippen LogP) is 18.8. The summed E-state index contributed by atoms with van der Waals surface area (Å²) >= 11 is 25.2. The van der Waals surface area contributed by atoms with Crippen molar-refractivity contribution in [2.45, 2.75) is 37.4 Å². The number of nitrogens with one attached hydrogen (secondary N) is 3. The summed E-state index contributed by atoms with van der Waals surface area (Å²) in [6, 6.07) is 60.8. The Hall–Kier alpha value is -10.3. The number of fused-ring (bicyclic) bond motifs is 9. The maximum Gasteiger partial charge on any atom is 0.416 e. The van der Waals surface area contributed by atoms with Gasteiger partial charge in [0.25, 0.3) is 0 Å². The van der Waals surface area contributed by atoms with Gasteiger partial charge in [0.2, 0.25) is 0 Å². The van der Waals surface area contributed by atoms with E-state index < -0.39 is 36.2 Å². The van der Waals surface area contributed by atoms with Crippen LogP contribution in [0.25, 0.3) is 32.7 Å². The molecule has 588 valence electrons. The molecule has 26 heteroatoms. The van der Waals surface area contributed by atoms with Crippen molar-refractivity contribution in [1.82, 2.24) is 29.7 Å². The van der Waals surface area contributed by atoms with Gasteiger partial charge < -0.3 is 71.8 Å². The van der Waals surface area contributed by atoms with E-state index in [-0.39, 0.29) is 11.8 Å². The maximum atomic E-state index is 13.5. The molecule has 0 spiro atoms. The van der Waals surface area contributed by atoms with Gasteiger partial charge in [0.15, 0.2) is 5.75 Å². The zero-order valence-electron chi connectivity index (χ0n) is 62.4. The Bertz CT molecular complexity index is 5150. The van der Waals surface area contributed by atoms with E-state index in [0.717, 1.165) is 83.4 Å². The molecule has 3 unspecified atom stereocenters. The molecule has 3 aliphatic heterocycles. The van der Waals surface area contributed by atoms with E-state index in [4.69, 9.17) is 103 Å². The molecule has 0 bridgehead atoms. The van der Waals surface area contributed by atoms with Gasteiger partial charge in [-0.25, -0.2) is 18.8 Å². The number of para-hydroxylation sites is 2. The minimum Gasteiger partial charge on any atom is -0.491 e. The normalized spacial score (nSPS) is 14.9. The second-order valence-corrected chi connectivity index (χ2v) is 28.2. The van der Waals surface area contributed by atoms with Gasteiger partial charge in [0.1, 0.15) is 72.5 Å². The van der Waals surface area contributed by atoms with Crippen molar-refractivity contribution in [2.24, 2.45) is 0 Å². The molecule has 113 heavy (non-hydrogen) atoms. The standard InChI is InChI=1S/C29H28Cl2N2O5.C29H28ClFN2O5.C29H29ClN2O5/c1-35-14-15-36-16-17-37-21-9-6-19(7-10-21)28-27-22(23-18-20(30)8-11-25(23)32-27)12-13-33(28)29(34)38-26-5-3-2-4-24(26)31;1-35-14-15-36-16-17-37-22-7-2-19(3-8-22)28-27-24(25-18-20(30)4-11-26(25)32-27)12-13-33(28)29(34)38-23-9-5-21(31)6-10-23;1-34-15-16-35-17-18-36-22-10-7-20(8-11-22)28-27-24(25-19-21(30)9-12-26(25)31-27)13-14-32(28)29(33)37-23-5-3-2-4-6-23/h2*2-11,18,28,32H,12-17H2,1H3;2-12,19,28,31H,13-18H2,1H3. The molecule has 3 N–H and O–H groups in total. The number of carbonyl (C=O) groups excluding carboxylic acids is 3. The van der Waals surface area contributed by atoms with Crippen molar-refractivity contribution >= 4 is 97.4 Å². The van der Waals surface area contributed by atoms with E-state index in [2.05, 4.69) is 15.0 Å². The molecule has 6 heterocycles. The van der Waals surface area contributed by atoms with E-state index in [9.17, 15) is 18.8 Å². The third-order valence-electron chi connectivity index (χ3n) is 19.3. The number of ether oxygens (including phenoxy) is 12. The monoisotopic (exact) mass is 1610 g/mol. The minimum atomic E-state index is -0.516. The quantitative estimate of drug-likeness (QED) is 0.0408. The summed E-state index contributed by atoms with van der Waals surface area (Å²) in [5.74, 6) is 2.86. The Labute approximate surface area is 673 Å². The number of aromatic amines is 3. The Morgan fingerprint density at radius 3 is 1.04 bits per heavy atom. The fourth-order valence-corrected chi connectivity index (χ4v) is 14.7. The summed E-state index contributed by atoms with van der Waals surface area (Å²) in [5.41, 5.74) is 11.9. The van der Waals surface area contributed by atoms with Crippen LogP contribution < -0.4 is 28.4 Å². The van der Waals surface area contributed by atoms with Crippen LogP contribution in [0.4, 0.5) is 18.8 Å². The van der Waals surface area contributed by atoms with Crippen LogP contribution in [-0.4, -0.2) is 168 Å². The SMILES string of the molecule is COCCOCCOc1ccc(C2c3[nH]c4ccc(Cl)cc4c3CCN2C(=O)Oc2ccc(F)cc2)cc1.COCCOCCOc1ccc(C2c3[nH]c4ccc(Cl)cc4c3CCN2C(=O)Oc2ccccc2)cc1.COCCOCCOc1ccc(C2c3[nH]c4ccc(Cl)cc4c3CCN2C(=O)Oc2ccccc2Cl)cc1. The van der Waals surface area contributed by atoms with Gasteiger partial charge in [-0.3, -0.25) is 14.7 Å². The van der Waals surface area contributed by atoms with Crippen LogP contribution in [0.5, 0.6) is 34.5 Å². The molecule has 3 aromatic heterocycles. The average molecular weight is 1620 g/mol. The minimum absolute atomic E-state index is 0.279. The van der Waals surface area contributed by atoms with Crippen LogP contribution in [-0.2, 0) is 47.7 Å².